The smallest absolute Gasteiger partial charge is 0.194 e. The summed E-state index contributed by atoms with van der Waals surface area (Å²) in [6.07, 6.45) is 1.22. The fourth-order valence-corrected chi connectivity index (χ4v) is 3.61. The zero-order chi connectivity index (χ0) is 15.1. The minimum Gasteiger partial charge on any atom is -0.357 e. The molecule has 1 atom stereocenters. The van der Waals surface area contributed by atoms with E-state index in [1.165, 1.54) is 12.2 Å². The molecule has 0 bridgehead atoms. The van der Waals surface area contributed by atoms with Gasteiger partial charge in [0.1, 0.15) is 0 Å². The van der Waals surface area contributed by atoms with E-state index in [2.05, 4.69) is 40.8 Å². The summed E-state index contributed by atoms with van der Waals surface area (Å²) in [5.74, 6) is 2.21. The Hall–Kier alpha value is -0.500. The highest BCUT2D eigenvalue weighted by Crippen LogP contribution is 2.21. The number of thioether (sulfide) groups is 1. The van der Waals surface area contributed by atoms with Crippen LogP contribution >= 0.6 is 35.7 Å². The van der Waals surface area contributed by atoms with Crippen LogP contribution in [0.15, 0.2) is 23.2 Å². The van der Waals surface area contributed by atoms with Crippen LogP contribution in [0.4, 0.5) is 0 Å². The summed E-state index contributed by atoms with van der Waals surface area (Å²) in [5.41, 5.74) is 2.08. The van der Waals surface area contributed by atoms with Crippen molar-refractivity contribution in [1.29, 1.82) is 0 Å². The number of nitrogens with zero attached hydrogens (tertiary/aromatic N) is 3. The van der Waals surface area contributed by atoms with Crippen LogP contribution in [0.25, 0.3) is 0 Å². The number of hydrogen-bond acceptors (Lipinski definition) is 3. The Balaban J connectivity index is 0.00000242. The monoisotopic (exact) mass is 434 g/mol. The number of hydrogen-bond donors (Lipinski definition) is 1. The summed E-state index contributed by atoms with van der Waals surface area (Å²) in [5, 5.41) is 4.14. The predicted molar refractivity (Wildman–Crippen MR) is 107 cm³/mol. The Labute approximate surface area is 155 Å². The number of guanidine groups is 1. The molecule has 6 heteroatoms. The molecule has 1 unspecified atom stereocenters. The fourth-order valence-electron chi connectivity index (χ4n) is 2.43. The van der Waals surface area contributed by atoms with Gasteiger partial charge in [-0.15, -0.1) is 24.0 Å². The third kappa shape index (κ3) is 5.95. The minimum atomic E-state index is 0. The van der Waals surface area contributed by atoms with Gasteiger partial charge in [-0.3, -0.25) is 4.98 Å². The number of aromatic nitrogens is 1. The first kappa shape index (κ1) is 19.5. The molecule has 0 spiro atoms. The van der Waals surface area contributed by atoms with Gasteiger partial charge in [0.25, 0.3) is 0 Å². The highest BCUT2D eigenvalue weighted by atomic mass is 127. The number of rotatable bonds is 4. The summed E-state index contributed by atoms with van der Waals surface area (Å²) >= 11 is 2.08. The zero-order valence-corrected chi connectivity index (χ0v) is 16.9. The van der Waals surface area contributed by atoms with Crippen LogP contribution in [0.3, 0.4) is 0 Å². The van der Waals surface area contributed by atoms with Crippen LogP contribution in [0.5, 0.6) is 0 Å². The van der Waals surface area contributed by atoms with Gasteiger partial charge in [0.2, 0.25) is 0 Å². The van der Waals surface area contributed by atoms with Crippen molar-refractivity contribution in [1.82, 2.24) is 15.2 Å². The molecule has 2 rings (SSSR count). The lowest BCUT2D eigenvalue weighted by molar-refractivity contribution is 0.408. The first-order chi connectivity index (χ1) is 10.2. The maximum absolute atomic E-state index is 4.78. The molecule has 124 valence electrons. The van der Waals surface area contributed by atoms with Gasteiger partial charge in [-0.2, -0.15) is 11.8 Å². The summed E-state index contributed by atoms with van der Waals surface area (Å²) < 4.78 is 0. The van der Waals surface area contributed by atoms with Crippen molar-refractivity contribution in [2.45, 2.75) is 39.0 Å². The topological polar surface area (TPSA) is 40.5 Å². The molecular formula is C16H27IN4S. The molecule has 1 N–H and O–H groups in total. The second-order valence-corrected chi connectivity index (χ2v) is 6.70. The molecule has 22 heavy (non-hydrogen) atoms. The van der Waals surface area contributed by atoms with Crippen molar-refractivity contribution in [2.75, 3.05) is 25.4 Å². The van der Waals surface area contributed by atoms with E-state index in [1.807, 2.05) is 25.1 Å². The Morgan fingerprint density at radius 3 is 2.95 bits per heavy atom. The van der Waals surface area contributed by atoms with Crippen molar-refractivity contribution >= 4 is 41.7 Å². The Morgan fingerprint density at radius 1 is 1.45 bits per heavy atom. The maximum atomic E-state index is 4.78. The van der Waals surface area contributed by atoms with E-state index in [0.29, 0.717) is 6.54 Å². The predicted octanol–water partition coefficient (Wildman–Crippen LogP) is 3.30. The first-order valence-electron chi connectivity index (χ1n) is 7.80. The minimum absolute atomic E-state index is 0. The Kier molecular flexibility index (Phi) is 9.16. The van der Waals surface area contributed by atoms with E-state index in [0.717, 1.165) is 42.2 Å². The van der Waals surface area contributed by atoms with Crippen LogP contribution in [0.1, 0.15) is 31.7 Å². The molecule has 1 fully saturated rings. The highest BCUT2D eigenvalue weighted by Gasteiger charge is 2.21. The molecule has 0 aromatic carbocycles. The van der Waals surface area contributed by atoms with Crippen LogP contribution in [0.2, 0.25) is 0 Å². The largest absolute Gasteiger partial charge is 0.357 e. The number of nitrogens with one attached hydrogen (secondary N) is 1. The van der Waals surface area contributed by atoms with E-state index in [4.69, 9.17) is 4.99 Å². The van der Waals surface area contributed by atoms with Gasteiger partial charge in [0.05, 0.1) is 12.2 Å². The Bertz CT molecular complexity index is 481. The summed E-state index contributed by atoms with van der Waals surface area (Å²) in [6, 6.07) is 6.11. The molecule has 0 radical (unpaired) electrons. The normalized spacial score (nSPS) is 18.8. The zero-order valence-electron chi connectivity index (χ0n) is 13.7. The SMILES string of the molecule is CCNC(=NCc1cccc(C)n1)N1CCSC(CC)C1.I. The number of aryl methyl sites for hydroxylation is 1. The van der Waals surface area contributed by atoms with Crippen molar-refractivity contribution in [3.8, 4) is 0 Å². The lowest BCUT2D eigenvalue weighted by atomic mass is 10.3. The summed E-state index contributed by atoms with van der Waals surface area (Å²) in [4.78, 5) is 11.7. The second kappa shape index (κ2) is 10.3. The lowest BCUT2D eigenvalue weighted by Gasteiger charge is -2.34. The van der Waals surface area contributed by atoms with Gasteiger partial charge in [-0.25, -0.2) is 4.99 Å². The van der Waals surface area contributed by atoms with Gasteiger partial charge in [0.15, 0.2) is 5.96 Å². The fraction of sp³-hybridized carbons (Fsp3) is 0.625. The average Bonchev–Trinajstić information content (AvgIpc) is 2.51. The molecule has 1 aromatic heterocycles. The number of halogens is 1. The quantitative estimate of drug-likeness (QED) is 0.449. The van der Waals surface area contributed by atoms with E-state index in [-0.39, 0.29) is 24.0 Å². The van der Waals surface area contributed by atoms with E-state index < -0.39 is 0 Å². The molecule has 0 saturated carbocycles. The van der Waals surface area contributed by atoms with Crippen LogP contribution < -0.4 is 5.32 Å². The standard InChI is InChI=1S/C16H26N4S.HI/c1-4-15-12-20(9-10-21-15)16(17-5-2)18-11-14-8-6-7-13(3)19-14;/h6-8,15H,4-5,9-12H2,1-3H3,(H,17,18);1H. The lowest BCUT2D eigenvalue weighted by Crippen LogP contribution is -2.48. The van der Waals surface area contributed by atoms with Crippen molar-refractivity contribution < 1.29 is 0 Å². The first-order valence-corrected chi connectivity index (χ1v) is 8.85. The average molecular weight is 434 g/mol. The third-order valence-corrected chi connectivity index (χ3v) is 4.94. The van der Waals surface area contributed by atoms with Gasteiger partial charge < -0.3 is 10.2 Å². The van der Waals surface area contributed by atoms with Gasteiger partial charge in [-0.05, 0) is 32.4 Å². The molecule has 1 aliphatic heterocycles. The molecule has 0 amide bonds. The van der Waals surface area contributed by atoms with E-state index >= 15 is 0 Å². The second-order valence-electron chi connectivity index (χ2n) is 5.29. The van der Waals surface area contributed by atoms with Crippen molar-refractivity contribution in [3.05, 3.63) is 29.6 Å². The third-order valence-electron chi connectivity index (χ3n) is 3.57. The van der Waals surface area contributed by atoms with Crippen molar-refractivity contribution in [3.63, 3.8) is 0 Å². The van der Waals surface area contributed by atoms with E-state index in [9.17, 15) is 0 Å². The summed E-state index contributed by atoms with van der Waals surface area (Å²) in [6.45, 7) is 10.1. The number of aliphatic imine (C=N–C) groups is 1. The molecule has 0 aliphatic carbocycles. The highest BCUT2D eigenvalue weighted by molar-refractivity contribution is 14.0. The van der Waals surface area contributed by atoms with Crippen LogP contribution in [0, 0.1) is 6.92 Å². The molecular weight excluding hydrogens is 407 g/mol. The Morgan fingerprint density at radius 2 is 2.27 bits per heavy atom. The van der Waals surface area contributed by atoms with Gasteiger partial charge >= 0.3 is 0 Å². The molecule has 2 heterocycles. The van der Waals surface area contributed by atoms with Crippen LogP contribution in [-0.4, -0.2) is 46.5 Å². The van der Waals surface area contributed by atoms with Gasteiger partial charge in [0, 0.05) is 36.3 Å². The molecule has 4 nitrogen and oxygen atoms in total. The summed E-state index contributed by atoms with van der Waals surface area (Å²) in [7, 11) is 0. The van der Waals surface area contributed by atoms with E-state index in [1.54, 1.807) is 0 Å². The van der Waals surface area contributed by atoms with Gasteiger partial charge in [-0.1, -0.05) is 13.0 Å². The molecule has 1 saturated heterocycles. The van der Waals surface area contributed by atoms with Crippen molar-refractivity contribution in [2.24, 2.45) is 4.99 Å². The number of pyridine rings is 1. The van der Waals surface area contributed by atoms with Crippen LogP contribution in [-0.2, 0) is 6.54 Å². The molecule has 1 aromatic rings. The maximum Gasteiger partial charge on any atom is 0.194 e. The molecule has 1 aliphatic rings.